The molecule has 1 aliphatic rings. The van der Waals surface area contributed by atoms with Gasteiger partial charge >= 0.3 is 0 Å². The highest BCUT2D eigenvalue weighted by Crippen LogP contribution is 2.39. The number of benzene rings is 2. The number of para-hydroxylation sites is 3. The second kappa shape index (κ2) is 5.63. The molecule has 1 aromatic heterocycles. The molecule has 1 atom stereocenters. The van der Waals surface area contributed by atoms with Gasteiger partial charge in [0, 0.05) is 25.9 Å². The number of nitrogens with zero attached hydrogens (tertiary/aromatic N) is 3. The van der Waals surface area contributed by atoms with E-state index in [0.29, 0.717) is 23.1 Å². The van der Waals surface area contributed by atoms with Crippen LogP contribution in [0.25, 0.3) is 11.0 Å². The zero-order valence-electron chi connectivity index (χ0n) is 13.1. The summed E-state index contributed by atoms with van der Waals surface area (Å²) in [7, 11) is 1.98. The van der Waals surface area contributed by atoms with Gasteiger partial charge in [0.2, 0.25) is 5.91 Å². The fourth-order valence-electron chi connectivity index (χ4n) is 3.36. The summed E-state index contributed by atoms with van der Waals surface area (Å²) in [4.78, 5) is 18.9. The van der Waals surface area contributed by atoms with Crippen LogP contribution >= 0.6 is 15.9 Å². The molecule has 1 aliphatic heterocycles. The van der Waals surface area contributed by atoms with E-state index in [1.807, 2.05) is 37.4 Å². The molecule has 1 N–H and O–H groups in total. The molecule has 122 valence electrons. The summed E-state index contributed by atoms with van der Waals surface area (Å²) < 4.78 is 2.64. The molecule has 0 aliphatic carbocycles. The van der Waals surface area contributed by atoms with Crippen molar-refractivity contribution in [3.05, 3.63) is 52.8 Å². The van der Waals surface area contributed by atoms with Gasteiger partial charge in [0.05, 0.1) is 21.2 Å². The lowest BCUT2D eigenvalue weighted by atomic mass is 10.1. The lowest BCUT2D eigenvalue weighted by molar-refractivity contribution is -0.117. The van der Waals surface area contributed by atoms with Crippen LogP contribution in [-0.4, -0.2) is 27.1 Å². The molecule has 4 rings (SSSR count). The number of hydrogen-bond donors (Lipinski definition) is 1. The number of halogens is 1. The van der Waals surface area contributed by atoms with E-state index in [4.69, 9.17) is 4.98 Å². The van der Waals surface area contributed by atoms with Gasteiger partial charge in [0.15, 0.2) is 5.75 Å². The van der Waals surface area contributed by atoms with E-state index in [1.165, 1.54) is 0 Å². The third-order valence-corrected chi connectivity index (χ3v) is 5.21. The second-order valence-electron chi connectivity index (χ2n) is 6.03. The quantitative estimate of drug-likeness (QED) is 0.733. The molecule has 0 saturated carbocycles. The number of anilines is 1. The monoisotopic (exact) mass is 385 g/mol. The number of phenolic OH excluding ortho intramolecular Hbond substituents is 1. The number of imidazole rings is 1. The van der Waals surface area contributed by atoms with Crippen LogP contribution in [-0.2, 0) is 11.8 Å². The number of fused-ring (bicyclic) bond motifs is 1. The zero-order chi connectivity index (χ0) is 16.8. The smallest absolute Gasteiger partial charge is 0.227 e. The number of aromatic nitrogens is 2. The van der Waals surface area contributed by atoms with Crippen LogP contribution in [0.5, 0.6) is 5.75 Å². The minimum absolute atomic E-state index is 0.000422. The van der Waals surface area contributed by atoms with Gasteiger partial charge < -0.3 is 14.6 Å². The van der Waals surface area contributed by atoms with Crippen LogP contribution in [0.2, 0.25) is 0 Å². The Labute approximate surface area is 147 Å². The first kappa shape index (κ1) is 15.2. The molecule has 1 fully saturated rings. The third-order valence-electron chi connectivity index (χ3n) is 4.57. The van der Waals surface area contributed by atoms with E-state index < -0.39 is 0 Å². The summed E-state index contributed by atoms with van der Waals surface area (Å²) >= 11 is 3.30. The van der Waals surface area contributed by atoms with E-state index in [0.717, 1.165) is 16.9 Å². The average Bonchev–Trinajstić information content (AvgIpc) is 3.11. The first-order valence-corrected chi connectivity index (χ1v) is 8.54. The van der Waals surface area contributed by atoms with Crippen molar-refractivity contribution < 1.29 is 9.90 Å². The third kappa shape index (κ3) is 2.29. The molecule has 6 heteroatoms. The molecular formula is C18H16BrN3O2. The first-order chi connectivity index (χ1) is 11.6. The lowest BCUT2D eigenvalue weighted by Crippen LogP contribution is -2.24. The van der Waals surface area contributed by atoms with Crippen LogP contribution in [0, 0.1) is 0 Å². The fourth-order valence-corrected chi connectivity index (χ4v) is 3.72. The Morgan fingerprint density at radius 1 is 1.21 bits per heavy atom. The normalized spacial score (nSPS) is 17.8. The molecule has 1 saturated heterocycles. The fraction of sp³-hybridized carbons (Fsp3) is 0.222. The summed E-state index contributed by atoms with van der Waals surface area (Å²) in [5.41, 5.74) is 2.53. The molecule has 2 heterocycles. The van der Waals surface area contributed by atoms with Gasteiger partial charge in [0.1, 0.15) is 5.82 Å². The van der Waals surface area contributed by atoms with Gasteiger partial charge in [0.25, 0.3) is 0 Å². The number of carbonyl (C=O) groups excluding carboxylic acids is 1. The maximum absolute atomic E-state index is 12.5. The summed E-state index contributed by atoms with van der Waals surface area (Å²) in [6, 6.07) is 13.3. The van der Waals surface area contributed by atoms with E-state index >= 15 is 0 Å². The molecule has 0 radical (unpaired) electrons. The first-order valence-electron chi connectivity index (χ1n) is 7.75. The van der Waals surface area contributed by atoms with Crippen molar-refractivity contribution in [2.45, 2.75) is 12.3 Å². The van der Waals surface area contributed by atoms with Crippen molar-refractivity contribution in [2.24, 2.45) is 7.05 Å². The van der Waals surface area contributed by atoms with Crippen LogP contribution in [0.3, 0.4) is 0 Å². The standard InChI is InChI=1S/C18H16BrN3O2/c1-21-14-7-3-2-6-13(14)20-18(21)11-9-16(23)22(10-11)15-8-4-5-12(19)17(15)24/h2-8,11,24H,9-10H2,1H3. The lowest BCUT2D eigenvalue weighted by Gasteiger charge is -2.18. The Bertz CT molecular complexity index is 951. The van der Waals surface area contributed by atoms with Gasteiger partial charge in [-0.15, -0.1) is 0 Å². The Morgan fingerprint density at radius 2 is 2.00 bits per heavy atom. The number of rotatable bonds is 2. The topological polar surface area (TPSA) is 58.4 Å². The summed E-state index contributed by atoms with van der Waals surface area (Å²) in [6.07, 6.45) is 0.392. The van der Waals surface area contributed by atoms with Gasteiger partial charge in [-0.25, -0.2) is 4.98 Å². The Hall–Kier alpha value is -2.34. The number of hydrogen-bond acceptors (Lipinski definition) is 3. The van der Waals surface area contributed by atoms with E-state index in [2.05, 4.69) is 20.5 Å². The summed E-state index contributed by atoms with van der Waals surface area (Å²) in [6.45, 7) is 0.514. The zero-order valence-corrected chi connectivity index (χ0v) is 14.7. The van der Waals surface area contributed by atoms with E-state index in [-0.39, 0.29) is 17.6 Å². The second-order valence-corrected chi connectivity index (χ2v) is 6.89. The van der Waals surface area contributed by atoms with Crippen LogP contribution in [0.4, 0.5) is 5.69 Å². The highest BCUT2D eigenvalue weighted by molar-refractivity contribution is 9.10. The molecule has 5 nitrogen and oxygen atoms in total. The molecule has 0 spiro atoms. The van der Waals surface area contributed by atoms with Gasteiger partial charge in [-0.3, -0.25) is 4.79 Å². The van der Waals surface area contributed by atoms with Crippen molar-refractivity contribution in [1.82, 2.24) is 9.55 Å². The number of phenols is 1. The van der Waals surface area contributed by atoms with Crippen molar-refractivity contribution in [1.29, 1.82) is 0 Å². The summed E-state index contributed by atoms with van der Waals surface area (Å²) in [5, 5.41) is 10.2. The molecular weight excluding hydrogens is 370 g/mol. The molecule has 1 amide bonds. The summed E-state index contributed by atoms with van der Waals surface area (Å²) in [5.74, 6) is 1.01. The Morgan fingerprint density at radius 3 is 2.79 bits per heavy atom. The Kier molecular flexibility index (Phi) is 3.57. The molecule has 0 bridgehead atoms. The Balaban J connectivity index is 1.71. The van der Waals surface area contributed by atoms with E-state index in [9.17, 15) is 9.90 Å². The highest BCUT2D eigenvalue weighted by Gasteiger charge is 2.35. The van der Waals surface area contributed by atoms with Crippen molar-refractivity contribution in [3.8, 4) is 5.75 Å². The molecule has 3 aromatic rings. The maximum Gasteiger partial charge on any atom is 0.227 e. The van der Waals surface area contributed by atoms with Gasteiger partial charge in [-0.1, -0.05) is 18.2 Å². The number of aromatic hydroxyl groups is 1. The van der Waals surface area contributed by atoms with Crippen LogP contribution < -0.4 is 4.90 Å². The van der Waals surface area contributed by atoms with Crippen LogP contribution in [0.1, 0.15) is 18.2 Å². The average molecular weight is 386 g/mol. The minimum Gasteiger partial charge on any atom is -0.505 e. The van der Waals surface area contributed by atoms with Crippen molar-refractivity contribution in [2.75, 3.05) is 11.4 Å². The van der Waals surface area contributed by atoms with E-state index in [1.54, 1.807) is 17.0 Å². The molecule has 24 heavy (non-hydrogen) atoms. The maximum atomic E-state index is 12.5. The number of aryl methyl sites for hydroxylation is 1. The molecule has 1 unspecified atom stereocenters. The number of carbonyl (C=O) groups is 1. The van der Waals surface area contributed by atoms with Gasteiger partial charge in [-0.05, 0) is 40.2 Å². The van der Waals surface area contributed by atoms with Crippen LogP contribution in [0.15, 0.2) is 46.9 Å². The molecule has 2 aromatic carbocycles. The predicted molar refractivity (Wildman–Crippen MR) is 96.2 cm³/mol. The minimum atomic E-state index is 0.000422. The van der Waals surface area contributed by atoms with Gasteiger partial charge in [-0.2, -0.15) is 0 Å². The number of amides is 1. The highest BCUT2D eigenvalue weighted by atomic mass is 79.9. The van der Waals surface area contributed by atoms with Crippen molar-refractivity contribution >= 4 is 38.6 Å². The predicted octanol–water partition coefficient (Wildman–Crippen LogP) is 3.56. The largest absolute Gasteiger partial charge is 0.505 e. The SMILES string of the molecule is Cn1c(C2CC(=O)N(c3cccc(Br)c3O)C2)nc2ccccc21. The van der Waals surface area contributed by atoms with Crippen molar-refractivity contribution in [3.63, 3.8) is 0 Å².